The number of carbonyl (C=O) groups excluding carboxylic acids is 2. The molecule has 1 aromatic carbocycles. The van der Waals surface area contributed by atoms with E-state index in [0.717, 1.165) is 0 Å². The summed E-state index contributed by atoms with van der Waals surface area (Å²) in [6.07, 6.45) is 0.539. The molecule has 0 saturated carbocycles. The number of rotatable bonds is 7. The van der Waals surface area contributed by atoms with Crippen molar-refractivity contribution in [1.82, 2.24) is 0 Å². The summed E-state index contributed by atoms with van der Waals surface area (Å²) in [6.45, 7) is 4.20. The Morgan fingerprint density at radius 2 is 2.15 bits per heavy atom. The number of benzene rings is 1. The molecule has 0 heterocycles. The van der Waals surface area contributed by atoms with Crippen LogP contribution in [0.15, 0.2) is 18.2 Å². The molecule has 0 aliphatic rings. The van der Waals surface area contributed by atoms with Gasteiger partial charge in [0.2, 0.25) is 5.91 Å². The Balaban J connectivity index is 3.26. The Bertz CT molecular complexity index is 528. The SMILES string of the molecule is CC(C)CN(CC(N)=O)c1ccc(C=O)cc1[N+](=O)[O-]. The first-order chi connectivity index (χ1) is 9.35. The van der Waals surface area contributed by atoms with Gasteiger partial charge < -0.3 is 10.6 Å². The maximum atomic E-state index is 11.1. The molecule has 1 aromatic rings. The number of primary amides is 1. The average molecular weight is 279 g/mol. The van der Waals surface area contributed by atoms with Crippen LogP contribution in [0.1, 0.15) is 24.2 Å². The molecule has 7 heteroatoms. The van der Waals surface area contributed by atoms with Crippen molar-refractivity contribution in [3.8, 4) is 0 Å². The van der Waals surface area contributed by atoms with Crippen LogP contribution in [-0.2, 0) is 4.79 Å². The van der Waals surface area contributed by atoms with E-state index < -0.39 is 10.8 Å². The fraction of sp³-hybridized carbons (Fsp3) is 0.385. The van der Waals surface area contributed by atoms with Crippen molar-refractivity contribution in [2.45, 2.75) is 13.8 Å². The predicted octanol–water partition coefficient (Wildman–Crippen LogP) is 1.35. The lowest BCUT2D eigenvalue weighted by atomic mass is 10.1. The van der Waals surface area contributed by atoms with Gasteiger partial charge in [-0.15, -0.1) is 0 Å². The van der Waals surface area contributed by atoms with Crippen LogP contribution in [0.3, 0.4) is 0 Å². The molecule has 0 spiro atoms. The van der Waals surface area contributed by atoms with Crippen molar-refractivity contribution < 1.29 is 14.5 Å². The van der Waals surface area contributed by atoms with Gasteiger partial charge >= 0.3 is 0 Å². The third-order valence-corrected chi connectivity index (χ3v) is 2.61. The monoisotopic (exact) mass is 279 g/mol. The highest BCUT2D eigenvalue weighted by atomic mass is 16.6. The highest BCUT2D eigenvalue weighted by Crippen LogP contribution is 2.29. The fourth-order valence-corrected chi connectivity index (χ4v) is 1.90. The van der Waals surface area contributed by atoms with Gasteiger partial charge in [-0.25, -0.2) is 0 Å². The number of hydrogen-bond acceptors (Lipinski definition) is 5. The van der Waals surface area contributed by atoms with Crippen LogP contribution in [0.5, 0.6) is 0 Å². The summed E-state index contributed by atoms with van der Waals surface area (Å²) in [7, 11) is 0. The Kier molecular flexibility index (Phi) is 5.19. The summed E-state index contributed by atoms with van der Waals surface area (Å²) in [5.41, 5.74) is 5.47. The van der Waals surface area contributed by atoms with E-state index >= 15 is 0 Å². The van der Waals surface area contributed by atoms with Gasteiger partial charge in [-0.1, -0.05) is 13.8 Å². The molecule has 7 nitrogen and oxygen atoms in total. The number of carbonyl (C=O) groups is 2. The number of anilines is 1. The fourth-order valence-electron chi connectivity index (χ4n) is 1.90. The number of nitrogens with two attached hydrogens (primary N) is 1. The van der Waals surface area contributed by atoms with E-state index in [-0.39, 0.29) is 29.4 Å². The molecule has 2 N–H and O–H groups in total. The summed E-state index contributed by atoms with van der Waals surface area (Å²) in [5.74, 6) is -0.376. The zero-order valence-electron chi connectivity index (χ0n) is 11.4. The lowest BCUT2D eigenvalue weighted by Crippen LogP contribution is -2.36. The topological polar surface area (TPSA) is 107 Å². The van der Waals surface area contributed by atoms with Crippen LogP contribution >= 0.6 is 0 Å². The number of hydrogen-bond donors (Lipinski definition) is 1. The highest BCUT2D eigenvalue weighted by Gasteiger charge is 2.22. The van der Waals surface area contributed by atoms with Crippen LogP contribution in [0.25, 0.3) is 0 Å². The molecule has 0 unspecified atom stereocenters. The molecule has 0 atom stereocenters. The standard InChI is InChI=1S/C13H17N3O4/c1-9(2)6-15(7-13(14)18)11-4-3-10(8-17)5-12(11)16(19)20/h3-5,8-9H,6-7H2,1-2H3,(H2,14,18). The largest absolute Gasteiger partial charge is 0.368 e. The van der Waals surface area contributed by atoms with Crippen molar-refractivity contribution in [3.05, 3.63) is 33.9 Å². The Hall–Kier alpha value is -2.44. The summed E-state index contributed by atoms with van der Waals surface area (Å²) in [5, 5.41) is 11.1. The quantitative estimate of drug-likeness (QED) is 0.460. The molecule has 0 aromatic heterocycles. The molecule has 20 heavy (non-hydrogen) atoms. The van der Waals surface area contributed by atoms with Gasteiger partial charge in [-0.3, -0.25) is 19.7 Å². The van der Waals surface area contributed by atoms with Gasteiger partial charge in [0, 0.05) is 18.2 Å². The lowest BCUT2D eigenvalue weighted by Gasteiger charge is -2.25. The zero-order valence-corrected chi connectivity index (χ0v) is 11.4. The zero-order chi connectivity index (χ0) is 15.3. The molecular formula is C13H17N3O4. The molecule has 0 fully saturated rings. The molecule has 0 aliphatic heterocycles. The third-order valence-electron chi connectivity index (χ3n) is 2.61. The van der Waals surface area contributed by atoms with E-state index in [9.17, 15) is 19.7 Å². The second-order valence-electron chi connectivity index (χ2n) is 4.86. The highest BCUT2D eigenvalue weighted by molar-refractivity contribution is 5.83. The molecule has 0 bridgehead atoms. The van der Waals surface area contributed by atoms with E-state index in [2.05, 4.69) is 0 Å². The molecule has 0 saturated heterocycles. The molecule has 0 radical (unpaired) electrons. The van der Waals surface area contributed by atoms with Crippen LogP contribution in [0, 0.1) is 16.0 Å². The molecule has 1 rings (SSSR count). The summed E-state index contributed by atoms with van der Waals surface area (Å²) in [6, 6.07) is 4.13. The lowest BCUT2D eigenvalue weighted by molar-refractivity contribution is -0.384. The first-order valence-electron chi connectivity index (χ1n) is 6.12. The summed E-state index contributed by atoms with van der Waals surface area (Å²) >= 11 is 0. The minimum atomic E-state index is -0.573. The second-order valence-corrected chi connectivity index (χ2v) is 4.86. The number of amides is 1. The summed E-state index contributed by atoms with van der Waals surface area (Å²) < 4.78 is 0. The van der Waals surface area contributed by atoms with Crippen LogP contribution < -0.4 is 10.6 Å². The van der Waals surface area contributed by atoms with Gasteiger partial charge in [-0.05, 0) is 18.1 Å². The second kappa shape index (κ2) is 6.65. The first-order valence-corrected chi connectivity index (χ1v) is 6.12. The Morgan fingerprint density at radius 1 is 1.50 bits per heavy atom. The number of nitro groups is 1. The third kappa shape index (κ3) is 4.04. The van der Waals surface area contributed by atoms with Crippen molar-refractivity contribution >= 4 is 23.6 Å². The number of nitro benzene ring substituents is 1. The molecule has 108 valence electrons. The van der Waals surface area contributed by atoms with E-state index in [0.29, 0.717) is 12.8 Å². The maximum Gasteiger partial charge on any atom is 0.293 e. The molecular weight excluding hydrogens is 262 g/mol. The minimum Gasteiger partial charge on any atom is -0.368 e. The average Bonchev–Trinajstić information content (AvgIpc) is 2.36. The van der Waals surface area contributed by atoms with E-state index in [4.69, 9.17) is 5.73 Å². The van der Waals surface area contributed by atoms with Crippen molar-refractivity contribution in [3.63, 3.8) is 0 Å². The first kappa shape index (κ1) is 15.6. The van der Waals surface area contributed by atoms with Crippen LogP contribution in [-0.4, -0.2) is 30.2 Å². The minimum absolute atomic E-state index is 0.112. The van der Waals surface area contributed by atoms with Gasteiger partial charge in [0.25, 0.3) is 5.69 Å². The number of nitrogens with zero attached hydrogens (tertiary/aromatic N) is 2. The maximum absolute atomic E-state index is 11.1. The van der Waals surface area contributed by atoms with Gasteiger partial charge in [0.1, 0.15) is 12.0 Å². The van der Waals surface area contributed by atoms with Crippen molar-refractivity contribution in [1.29, 1.82) is 0 Å². The van der Waals surface area contributed by atoms with Crippen LogP contribution in [0.2, 0.25) is 0 Å². The van der Waals surface area contributed by atoms with E-state index in [1.807, 2.05) is 13.8 Å². The molecule has 1 amide bonds. The van der Waals surface area contributed by atoms with Crippen molar-refractivity contribution in [2.75, 3.05) is 18.0 Å². The van der Waals surface area contributed by atoms with Gasteiger partial charge in [0.05, 0.1) is 11.5 Å². The van der Waals surface area contributed by atoms with Crippen LogP contribution in [0.4, 0.5) is 11.4 Å². The van der Waals surface area contributed by atoms with Gasteiger partial charge in [0.15, 0.2) is 0 Å². The summed E-state index contributed by atoms with van der Waals surface area (Å²) in [4.78, 5) is 33.9. The van der Waals surface area contributed by atoms with Gasteiger partial charge in [-0.2, -0.15) is 0 Å². The molecule has 0 aliphatic carbocycles. The van der Waals surface area contributed by atoms with Crippen molar-refractivity contribution in [2.24, 2.45) is 11.7 Å². The predicted molar refractivity (Wildman–Crippen MR) is 74.7 cm³/mol. The Labute approximate surface area is 116 Å². The Morgan fingerprint density at radius 3 is 2.60 bits per heavy atom. The number of aldehydes is 1. The van der Waals surface area contributed by atoms with E-state index in [1.54, 1.807) is 4.90 Å². The normalized spacial score (nSPS) is 10.3. The smallest absolute Gasteiger partial charge is 0.293 e. The van der Waals surface area contributed by atoms with E-state index in [1.165, 1.54) is 18.2 Å².